The third kappa shape index (κ3) is 7.08. The molecule has 180 valence electrons. The first-order chi connectivity index (χ1) is 15.8. The zero-order valence-electron chi connectivity index (χ0n) is 20.1. The number of aromatic nitrogens is 1. The Morgan fingerprint density at radius 3 is 2.52 bits per heavy atom. The van der Waals surface area contributed by atoms with Crippen LogP contribution in [-0.4, -0.2) is 41.9 Å². The molecule has 1 unspecified atom stereocenters. The summed E-state index contributed by atoms with van der Waals surface area (Å²) in [5, 5.41) is 13.3. The summed E-state index contributed by atoms with van der Waals surface area (Å²) < 4.78 is 5.59. The second-order valence-corrected chi connectivity index (χ2v) is 9.91. The third-order valence-electron chi connectivity index (χ3n) is 6.35. The van der Waals surface area contributed by atoms with Gasteiger partial charge < -0.3 is 20.1 Å². The molecule has 0 spiro atoms. The number of carboxylic acid groups (broad SMARTS) is 1. The van der Waals surface area contributed by atoms with Crippen molar-refractivity contribution in [1.82, 2.24) is 4.98 Å². The third-order valence-corrected chi connectivity index (χ3v) is 6.57. The van der Waals surface area contributed by atoms with Crippen LogP contribution >= 0.6 is 11.6 Å². The van der Waals surface area contributed by atoms with Gasteiger partial charge in [0.1, 0.15) is 5.82 Å². The topological polar surface area (TPSA) is 74.7 Å². The summed E-state index contributed by atoms with van der Waals surface area (Å²) >= 11 is 6.03. The fraction of sp³-hybridized carbons (Fsp3) is 0.538. The van der Waals surface area contributed by atoms with E-state index in [9.17, 15) is 9.90 Å². The van der Waals surface area contributed by atoms with Crippen LogP contribution in [0.2, 0.25) is 5.02 Å². The molecule has 3 rings (SSSR count). The monoisotopic (exact) mass is 473 g/mol. The lowest BCUT2D eigenvalue weighted by atomic mass is 9.90. The second-order valence-electron chi connectivity index (χ2n) is 9.47. The van der Waals surface area contributed by atoms with Crippen molar-refractivity contribution in [2.24, 2.45) is 5.92 Å². The summed E-state index contributed by atoms with van der Waals surface area (Å²) in [6, 6.07) is 10.4. The number of nitrogens with one attached hydrogen (secondary N) is 1. The minimum Gasteiger partial charge on any atom is -0.481 e. The molecule has 1 fully saturated rings. The van der Waals surface area contributed by atoms with E-state index in [0.29, 0.717) is 28.9 Å². The van der Waals surface area contributed by atoms with Crippen LogP contribution in [0.3, 0.4) is 0 Å². The van der Waals surface area contributed by atoms with E-state index in [4.69, 9.17) is 16.3 Å². The van der Waals surface area contributed by atoms with Crippen molar-refractivity contribution in [2.45, 2.75) is 70.9 Å². The first-order valence-corrected chi connectivity index (χ1v) is 12.2. The molecule has 0 aliphatic heterocycles. The van der Waals surface area contributed by atoms with Crippen molar-refractivity contribution < 1.29 is 14.6 Å². The van der Waals surface area contributed by atoms with E-state index >= 15 is 0 Å². The van der Waals surface area contributed by atoms with Gasteiger partial charge in [0.05, 0.1) is 28.9 Å². The largest absolute Gasteiger partial charge is 0.481 e. The molecule has 7 heteroatoms. The van der Waals surface area contributed by atoms with Gasteiger partial charge in [0.2, 0.25) is 0 Å². The van der Waals surface area contributed by atoms with Crippen LogP contribution in [-0.2, 0) is 9.53 Å². The number of hydrogen-bond acceptors (Lipinski definition) is 5. The first-order valence-electron chi connectivity index (χ1n) is 11.8. The van der Waals surface area contributed by atoms with E-state index in [0.717, 1.165) is 49.2 Å². The summed E-state index contributed by atoms with van der Waals surface area (Å²) in [7, 11) is 1.80. The van der Waals surface area contributed by atoms with E-state index in [1.807, 2.05) is 19.1 Å². The lowest BCUT2D eigenvalue weighted by Gasteiger charge is -2.40. The molecule has 1 heterocycles. The van der Waals surface area contributed by atoms with Crippen molar-refractivity contribution >= 4 is 34.8 Å². The van der Waals surface area contributed by atoms with Gasteiger partial charge in [-0.2, -0.15) is 0 Å². The number of nitrogens with zero attached hydrogens (tertiary/aromatic N) is 2. The van der Waals surface area contributed by atoms with Crippen LogP contribution in [0.15, 0.2) is 36.5 Å². The minimum atomic E-state index is -0.795. The van der Waals surface area contributed by atoms with Crippen LogP contribution in [0.1, 0.15) is 64.4 Å². The molecule has 1 atom stereocenters. The van der Waals surface area contributed by atoms with Crippen molar-refractivity contribution in [1.29, 1.82) is 0 Å². The highest BCUT2D eigenvalue weighted by Gasteiger charge is 2.28. The van der Waals surface area contributed by atoms with Crippen molar-refractivity contribution in [3.05, 3.63) is 47.1 Å². The molecule has 2 N–H and O–H groups in total. The van der Waals surface area contributed by atoms with Crippen LogP contribution in [0.5, 0.6) is 0 Å². The Morgan fingerprint density at radius 2 is 1.94 bits per heavy atom. The molecule has 1 aliphatic rings. The Labute approximate surface area is 202 Å². The van der Waals surface area contributed by atoms with Gasteiger partial charge >= 0.3 is 5.97 Å². The molecule has 1 saturated carbocycles. The lowest BCUT2D eigenvalue weighted by molar-refractivity contribution is -0.137. The van der Waals surface area contributed by atoms with Gasteiger partial charge in [-0.1, -0.05) is 38.4 Å². The minimum absolute atomic E-state index is 0.0917. The zero-order chi connectivity index (χ0) is 24.0. The van der Waals surface area contributed by atoms with Gasteiger partial charge in [0, 0.05) is 25.9 Å². The van der Waals surface area contributed by atoms with Crippen molar-refractivity contribution in [2.75, 3.05) is 23.9 Å². The quantitative estimate of drug-likeness (QED) is 0.411. The van der Waals surface area contributed by atoms with Crippen LogP contribution in [0, 0.1) is 5.92 Å². The highest BCUT2D eigenvalue weighted by Crippen LogP contribution is 2.37. The number of anilines is 3. The molecule has 0 bridgehead atoms. The molecule has 1 aromatic heterocycles. The van der Waals surface area contributed by atoms with Crippen LogP contribution < -0.4 is 10.2 Å². The molecule has 33 heavy (non-hydrogen) atoms. The van der Waals surface area contributed by atoms with Crippen LogP contribution in [0.25, 0.3) is 0 Å². The fourth-order valence-electron chi connectivity index (χ4n) is 4.61. The van der Waals surface area contributed by atoms with Gasteiger partial charge in [-0.05, 0) is 67.3 Å². The number of carboxylic acids is 1. The standard InChI is InChI=1S/C26H36ClN3O3/c1-17(2)16-30(21-7-9-22(33-4)10-8-21)24-11-5-19(18(3)13-26(31)32)14-23(24)29-25-12-6-20(27)15-28-25/h5-6,11-12,14-15,17-18,21-22H,7-10,13,16H2,1-4H3,(H,28,29)(H,31,32). The number of hydrogen-bond donors (Lipinski definition) is 2. The molecular formula is C26H36ClN3O3. The maximum absolute atomic E-state index is 11.3. The van der Waals surface area contributed by atoms with Crippen molar-refractivity contribution in [3.63, 3.8) is 0 Å². The summed E-state index contributed by atoms with van der Waals surface area (Å²) in [5.74, 6) is 0.316. The molecule has 0 saturated heterocycles. The highest BCUT2D eigenvalue weighted by atomic mass is 35.5. The van der Waals surface area contributed by atoms with Gasteiger partial charge in [-0.3, -0.25) is 4.79 Å². The second kappa shape index (κ2) is 11.7. The lowest BCUT2D eigenvalue weighted by Crippen LogP contribution is -2.41. The Kier molecular flexibility index (Phi) is 8.98. The Bertz CT molecular complexity index is 911. The molecular weight excluding hydrogens is 438 g/mol. The number of methoxy groups -OCH3 is 1. The van der Waals surface area contributed by atoms with Gasteiger partial charge in [-0.25, -0.2) is 4.98 Å². The molecule has 1 aliphatic carbocycles. The predicted molar refractivity (Wildman–Crippen MR) is 135 cm³/mol. The predicted octanol–water partition coefficient (Wildman–Crippen LogP) is 6.48. The maximum Gasteiger partial charge on any atom is 0.303 e. The molecule has 6 nitrogen and oxygen atoms in total. The average molecular weight is 474 g/mol. The number of pyridine rings is 1. The van der Waals surface area contributed by atoms with Gasteiger partial charge in [0.15, 0.2) is 0 Å². The summed E-state index contributed by atoms with van der Waals surface area (Å²) in [5.41, 5.74) is 3.05. The smallest absolute Gasteiger partial charge is 0.303 e. The summed E-state index contributed by atoms with van der Waals surface area (Å²) in [6.07, 6.45) is 6.35. The fourth-order valence-corrected chi connectivity index (χ4v) is 4.72. The van der Waals surface area contributed by atoms with E-state index in [1.165, 1.54) is 0 Å². The molecule has 0 amide bonds. The number of halogens is 1. The normalized spacial score (nSPS) is 19.3. The van der Waals surface area contributed by atoms with Gasteiger partial charge in [0.25, 0.3) is 0 Å². The maximum atomic E-state index is 11.3. The Balaban J connectivity index is 1.98. The first kappa shape index (κ1) is 25.3. The number of ether oxygens (including phenoxy) is 1. The molecule has 0 radical (unpaired) electrons. The number of rotatable bonds is 10. The average Bonchev–Trinajstić information content (AvgIpc) is 2.78. The van der Waals surface area contributed by atoms with Crippen molar-refractivity contribution in [3.8, 4) is 0 Å². The highest BCUT2D eigenvalue weighted by molar-refractivity contribution is 6.30. The van der Waals surface area contributed by atoms with E-state index < -0.39 is 5.97 Å². The molecule has 2 aromatic rings. The Morgan fingerprint density at radius 1 is 1.21 bits per heavy atom. The SMILES string of the molecule is COC1CCC(N(CC(C)C)c2ccc(C(C)CC(=O)O)cc2Nc2ccc(Cl)cn2)CC1. The van der Waals surface area contributed by atoms with E-state index in [-0.39, 0.29) is 12.3 Å². The zero-order valence-corrected chi connectivity index (χ0v) is 20.8. The molecule has 1 aromatic carbocycles. The number of aliphatic carboxylic acids is 1. The van der Waals surface area contributed by atoms with Gasteiger partial charge in [-0.15, -0.1) is 0 Å². The number of carbonyl (C=O) groups is 1. The van der Waals surface area contributed by atoms with Crippen LogP contribution in [0.4, 0.5) is 17.2 Å². The summed E-state index contributed by atoms with van der Waals surface area (Å²) in [6.45, 7) is 7.37. The Hall–Kier alpha value is -2.31. The van der Waals surface area contributed by atoms with E-state index in [2.05, 4.69) is 47.2 Å². The summed E-state index contributed by atoms with van der Waals surface area (Å²) in [4.78, 5) is 18.2. The number of benzene rings is 1. The van der Waals surface area contributed by atoms with E-state index in [1.54, 1.807) is 13.3 Å².